The summed E-state index contributed by atoms with van der Waals surface area (Å²) in [5.41, 5.74) is 1.50. The Morgan fingerprint density at radius 1 is 1.07 bits per heavy atom. The first-order valence-electron chi connectivity index (χ1n) is 10.2. The average molecular weight is 412 g/mol. The minimum atomic E-state index is -0.656. The SMILES string of the molecule is CC[C@H](C)[C@H](NCc1ccccc1)C(=O)NC(C)(C)C(=S)N(C)c1ccccc1. The number of likely N-dealkylation sites (N-methyl/N-ethyl adjacent to an activating group) is 1. The number of carbonyl (C=O) groups is 1. The van der Waals surface area contributed by atoms with Crippen LogP contribution >= 0.6 is 12.2 Å². The molecule has 2 aromatic carbocycles. The van der Waals surface area contributed by atoms with Crippen LogP contribution in [-0.2, 0) is 11.3 Å². The molecule has 0 saturated heterocycles. The van der Waals surface area contributed by atoms with Crippen LogP contribution in [0.2, 0.25) is 0 Å². The highest BCUT2D eigenvalue weighted by molar-refractivity contribution is 7.80. The summed E-state index contributed by atoms with van der Waals surface area (Å²) in [6.45, 7) is 8.77. The predicted octanol–water partition coefficient (Wildman–Crippen LogP) is 4.55. The normalized spacial score (nSPS) is 13.4. The summed E-state index contributed by atoms with van der Waals surface area (Å²) in [5, 5.41) is 6.61. The van der Waals surface area contributed by atoms with Gasteiger partial charge in [0, 0.05) is 19.3 Å². The maximum Gasteiger partial charge on any atom is 0.238 e. The minimum Gasteiger partial charge on any atom is -0.343 e. The van der Waals surface area contributed by atoms with E-state index in [1.54, 1.807) is 0 Å². The summed E-state index contributed by atoms with van der Waals surface area (Å²) in [6.07, 6.45) is 0.911. The molecular formula is C24H33N3OS. The summed E-state index contributed by atoms with van der Waals surface area (Å²) < 4.78 is 0. The van der Waals surface area contributed by atoms with Crippen LogP contribution in [-0.4, -0.2) is 29.5 Å². The van der Waals surface area contributed by atoms with Gasteiger partial charge in [-0.05, 0) is 37.5 Å². The maximum absolute atomic E-state index is 13.2. The van der Waals surface area contributed by atoms with Gasteiger partial charge in [-0.25, -0.2) is 0 Å². The van der Waals surface area contributed by atoms with Gasteiger partial charge in [-0.3, -0.25) is 4.79 Å². The van der Waals surface area contributed by atoms with Crippen molar-refractivity contribution >= 4 is 28.8 Å². The molecule has 0 spiro atoms. The van der Waals surface area contributed by atoms with Crippen molar-refractivity contribution in [3.63, 3.8) is 0 Å². The Balaban J connectivity index is 2.08. The van der Waals surface area contributed by atoms with Gasteiger partial charge in [-0.1, -0.05) is 81.0 Å². The zero-order valence-corrected chi connectivity index (χ0v) is 18.9. The van der Waals surface area contributed by atoms with Crippen molar-refractivity contribution in [3.8, 4) is 0 Å². The fourth-order valence-electron chi connectivity index (χ4n) is 3.24. The third-order valence-corrected chi connectivity index (χ3v) is 6.07. The van der Waals surface area contributed by atoms with E-state index in [4.69, 9.17) is 12.2 Å². The van der Waals surface area contributed by atoms with Crippen molar-refractivity contribution in [1.29, 1.82) is 0 Å². The Hall–Kier alpha value is -2.24. The van der Waals surface area contributed by atoms with E-state index >= 15 is 0 Å². The Bertz CT molecular complexity index is 792. The second kappa shape index (κ2) is 10.5. The predicted molar refractivity (Wildman–Crippen MR) is 126 cm³/mol. The lowest BCUT2D eigenvalue weighted by Gasteiger charge is -2.35. The lowest BCUT2D eigenvalue weighted by Crippen LogP contribution is -2.59. The van der Waals surface area contributed by atoms with Gasteiger partial charge in [0.15, 0.2) is 0 Å². The Morgan fingerprint density at radius 2 is 1.62 bits per heavy atom. The fourth-order valence-corrected chi connectivity index (χ4v) is 3.40. The van der Waals surface area contributed by atoms with Crippen LogP contribution in [0.1, 0.15) is 39.7 Å². The third kappa shape index (κ3) is 6.38. The van der Waals surface area contributed by atoms with Crippen molar-refractivity contribution in [2.75, 3.05) is 11.9 Å². The Kier molecular flexibility index (Phi) is 8.35. The van der Waals surface area contributed by atoms with Crippen LogP contribution in [0.5, 0.6) is 0 Å². The fraction of sp³-hybridized carbons (Fsp3) is 0.417. The first-order valence-corrected chi connectivity index (χ1v) is 10.6. The van der Waals surface area contributed by atoms with Gasteiger partial charge in [0.25, 0.3) is 0 Å². The topological polar surface area (TPSA) is 44.4 Å². The van der Waals surface area contributed by atoms with Gasteiger partial charge >= 0.3 is 0 Å². The second-order valence-electron chi connectivity index (χ2n) is 8.04. The monoisotopic (exact) mass is 411 g/mol. The molecule has 2 atom stereocenters. The molecule has 4 nitrogen and oxygen atoms in total. The second-order valence-corrected chi connectivity index (χ2v) is 8.43. The third-order valence-electron chi connectivity index (χ3n) is 5.28. The molecule has 0 heterocycles. The van der Waals surface area contributed by atoms with E-state index in [9.17, 15) is 4.79 Å². The van der Waals surface area contributed by atoms with Crippen molar-refractivity contribution in [1.82, 2.24) is 10.6 Å². The van der Waals surface area contributed by atoms with Crippen LogP contribution in [0.25, 0.3) is 0 Å². The van der Waals surface area contributed by atoms with Crippen molar-refractivity contribution in [2.24, 2.45) is 5.92 Å². The van der Waals surface area contributed by atoms with Crippen molar-refractivity contribution in [2.45, 2.75) is 52.2 Å². The van der Waals surface area contributed by atoms with E-state index in [2.05, 4.69) is 36.6 Å². The molecule has 29 heavy (non-hydrogen) atoms. The van der Waals surface area contributed by atoms with Gasteiger partial charge in [-0.2, -0.15) is 0 Å². The molecule has 5 heteroatoms. The van der Waals surface area contributed by atoms with E-state index in [1.165, 1.54) is 0 Å². The van der Waals surface area contributed by atoms with E-state index in [-0.39, 0.29) is 17.9 Å². The van der Waals surface area contributed by atoms with Crippen molar-refractivity contribution in [3.05, 3.63) is 66.2 Å². The van der Waals surface area contributed by atoms with Gasteiger partial charge in [0.05, 0.1) is 11.6 Å². The molecular weight excluding hydrogens is 378 g/mol. The molecule has 2 aromatic rings. The highest BCUT2D eigenvalue weighted by Crippen LogP contribution is 2.19. The van der Waals surface area contributed by atoms with Gasteiger partial charge in [0.2, 0.25) is 5.91 Å². The van der Waals surface area contributed by atoms with Crippen LogP contribution < -0.4 is 15.5 Å². The molecule has 1 amide bonds. The lowest BCUT2D eigenvalue weighted by atomic mass is 9.96. The number of amides is 1. The number of benzene rings is 2. The van der Waals surface area contributed by atoms with E-state index in [1.807, 2.05) is 74.3 Å². The zero-order chi connectivity index (χ0) is 21.4. The number of rotatable bonds is 9. The molecule has 0 saturated carbocycles. The molecule has 0 unspecified atom stereocenters. The summed E-state index contributed by atoms with van der Waals surface area (Å²) >= 11 is 5.73. The number of carbonyl (C=O) groups excluding carboxylic acids is 1. The lowest BCUT2D eigenvalue weighted by molar-refractivity contribution is -0.125. The molecule has 0 aliphatic rings. The minimum absolute atomic E-state index is 0.0240. The molecule has 156 valence electrons. The summed E-state index contributed by atoms with van der Waals surface area (Å²) in [5.74, 6) is 0.180. The maximum atomic E-state index is 13.2. The first-order chi connectivity index (χ1) is 13.8. The summed E-state index contributed by atoms with van der Waals surface area (Å²) in [7, 11) is 1.94. The standard InChI is InChI=1S/C24H33N3OS/c1-6-18(2)21(25-17-19-13-9-7-10-14-19)22(28)26-24(3,4)23(29)27(5)20-15-11-8-12-16-20/h7-16,18,21,25H,6,17H2,1-5H3,(H,26,28)/t18-,21-/m0/s1. The number of nitrogens with one attached hydrogen (secondary N) is 2. The average Bonchev–Trinajstić information content (AvgIpc) is 2.73. The molecule has 2 rings (SSSR count). The molecule has 0 bridgehead atoms. The van der Waals surface area contributed by atoms with E-state index in [0.29, 0.717) is 11.5 Å². The number of anilines is 1. The number of hydrogen-bond acceptors (Lipinski definition) is 3. The Labute approximate surface area is 180 Å². The molecule has 0 aliphatic heterocycles. The van der Waals surface area contributed by atoms with E-state index in [0.717, 1.165) is 17.7 Å². The quantitative estimate of drug-likeness (QED) is 0.594. The van der Waals surface area contributed by atoms with Crippen LogP contribution in [0.4, 0.5) is 5.69 Å². The van der Waals surface area contributed by atoms with Crippen LogP contribution in [0.15, 0.2) is 60.7 Å². The summed E-state index contributed by atoms with van der Waals surface area (Å²) in [4.78, 5) is 15.8. The number of hydrogen-bond donors (Lipinski definition) is 2. The molecule has 2 N–H and O–H groups in total. The van der Waals surface area contributed by atoms with Crippen LogP contribution in [0, 0.1) is 5.92 Å². The van der Waals surface area contributed by atoms with Crippen molar-refractivity contribution < 1.29 is 4.79 Å². The Morgan fingerprint density at radius 3 is 2.17 bits per heavy atom. The van der Waals surface area contributed by atoms with Gasteiger partial charge < -0.3 is 15.5 Å². The van der Waals surface area contributed by atoms with Gasteiger partial charge in [0.1, 0.15) is 4.99 Å². The smallest absolute Gasteiger partial charge is 0.238 e. The number of nitrogens with zero attached hydrogens (tertiary/aromatic N) is 1. The largest absolute Gasteiger partial charge is 0.343 e. The molecule has 0 fully saturated rings. The number of thiocarbonyl (C=S) groups is 1. The first kappa shape index (κ1) is 23.0. The molecule has 0 radical (unpaired) electrons. The zero-order valence-electron chi connectivity index (χ0n) is 18.1. The summed E-state index contributed by atoms with van der Waals surface area (Å²) in [6, 6.07) is 19.8. The number of para-hydroxylation sites is 1. The van der Waals surface area contributed by atoms with Crippen LogP contribution in [0.3, 0.4) is 0 Å². The van der Waals surface area contributed by atoms with Gasteiger partial charge in [-0.15, -0.1) is 0 Å². The molecule has 0 aliphatic carbocycles. The van der Waals surface area contributed by atoms with E-state index < -0.39 is 5.54 Å². The molecule has 0 aromatic heterocycles. The highest BCUT2D eigenvalue weighted by atomic mass is 32.1. The highest BCUT2D eigenvalue weighted by Gasteiger charge is 2.33.